The van der Waals surface area contributed by atoms with E-state index in [1.807, 2.05) is 19.1 Å². The van der Waals surface area contributed by atoms with Crippen LogP contribution < -0.4 is 4.31 Å². The number of benzene rings is 3. The van der Waals surface area contributed by atoms with Crippen LogP contribution in [-0.2, 0) is 16.6 Å². The molecule has 1 aliphatic heterocycles. The van der Waals surface area contributed by atoms with E-state index in [0.29, 0.717) is 24.4 Å². The first-order valence-electron chi connectivity index (χ1n) is 11.9. The van der Waals surface area contributed by atoms with Crippen LogP contribution in [0.25, 0.3) is 0 Å². The Morgan fingerprint density at radius 1 is 0.912 bits per heavy atom. The topological polar surface area (TPSA) is 40.6 Å². The van der Waals surface area contributed by atoms with Crippen LogP contribution in [0.5, 0.6) is 0 Å². The molecule has 0 aliphatic carbocycles. The highest BCUT2D eigenvalue weighted by Crippen LogP contribution is 2.31. The van der Waals surface area contributed by atoms with E-state index >= 15 is 0 Å². The summed E-state index contributed by atoms with van der Waals surface area (Å²) in [6, 6.07) is 21.3. The zero-order valence-corrected chi connectivity index (χ0v) is 20.9. The molecule has 0 unspecified atom stereocenters. The van der Waals surface area contributed by atoms with Gasteiger partial charge in [-0.2, -0.15) is 0 Å². The van der Waals surface area contributed by atoms with E-state index in [2.05, 4.69) is 43.0 Å². The van der Waals surface area contributed by atoms with Crippen molar-refractivity contribution in [2.24, 2.45) is 0 Å². The van der Waals surface area contributed by atoms with Crippen molar-refractivity contribution in [3.63, 3.8) is 0 Å². The second-order valence-corrected chi connectivity index (χ2v) is 11.3. The number of hydrogen-bond donors (Lipinski definition) is 0. The van der Waals surface area contributed by atoms with Crippen molar-refractivity contribution in [2.75, 3.05) is 17.4 Å². The minimum Gasteiger partial charge on any atom is -0.299 e. The summed E-state index contributed by atoms with van der Waals surface area (Å²) < 4.78 is 42.5. The van der Waals surface area contributed by atoms with Crippen LogP contribution in [0.4, 0.5) is 10.1 Å². The maximum absolute atomic E-state index is 13.7. The Morgan fingerprint density at radius 3 is 2.06 bits per heavy atom. The molecule has 1 saturated heterocycles. The predicted octanol–water partition coefficient (Wildman–Crippen LogP) is 6.12. The Labute approximate surface area is 203 Å². The number of aryl methyl sites for hydroxylation is 1. The molecule has 3 aromatic rings. The summed E-state index contributed by atoms with van der Waals surface area (Å²) in [6.07, 6.45) is 1.43. The third kappa shape index (κ3) is 5.50. The van der Waals surface area contributed by atoms with Gasteiger partial charge in [-0.3, -0.25) is 9.21 Å². The van der Waals surface area contributed by atoms with Crippen LogP contribution in [0.2, 0.25) is 0 Å². The van der Waals surface area contributed by atoms with E-state index in [1.54, 1.807) is 24.3 Å². The quantitative estimate of drug-likeness (QED) is 0.409. The monoisotopic (exact) mass is 480 g/mol. The van der Waals surface area contributed by atoms with Gasteiger partial charge in [0.1, 0.15) is 5.82 Å². The molecule has 0 spiro atoms. The minimum atomic E-state index is -3.78. The van der Waals surface area contributed by atoms with E-state index in [0.717, 1.165) is 25.2 Å². The first kappa shape index (κ1) is 24.4. The summed E-state index contributed by atoms with van der Waals surface area (Å²) >= 11 is 0. The standard InChI is InChI=1S/C28H33FN2O2S/c1-21(2)24-8-6-23(7-9-24)20-30-18-16-27(17-19-30)31(26-12-10-25(29)11-13-26)34(32,33)28-14-4-22(3)5-15-28/h4-15,21,27H,16-20H2,1-3H3. The van der Waals surface area contributed by atoms with Crippen LogP contribution in [0.1, 0.15) is 49.3 Å². The Balaban J connectivity index is 1.52. The van der Waals surface area contributed by atoms with Gasteiger partial charge in [0, 0.05) is 25.7 Å². The molecule has 0 saturated carbocycles. The molecular formula is C28H33FN2O2S. The Kier molecular flexibility index (Phi) is 7.39. The van der Waals surface area contributed by atoms with Gasteiger partial charge < -0.3 is 0 Å². The van der Waals surface area contributed by atoms with Crippen molar-refractivity contribution in [1.29, 1.82) is 0 Å². The maximum atomic E-state index is 13.7. The number of rotatable bonds is 7. The highest BCUT2D eigenvalue weighted by atomic mass is 32.2. The number of hydrogen-bond acceptors (Lipinski definition) is 3. The summed E-state index contributed by atoms with van der Waals surface area (Å²) in [5.74, 6) is 0.132. The van der Waals surface area contributed by atoms with Crippen LogP contribution in [0.15, 0.2) is 77.7 Å². The molecule has 1 heterocycles. The first-order chi connectivity index (χ1) is 16.2. The van der Waals surface area contributed by atoms with Crippen molar-refractivity contribution < 1.29 is 12.8 Å². The lowest BCUT2D eigenvalue weighted by atomic mass is 10.0. The summed E-state index contributed by atoms with van der Waals surface area (Å²) in [6.45, 7) is 8.77. The number of likely N-dealkylation sites (tertiary alicyclic amines) is 1. The summed E-state index contributed by atoms with van der Waals surface area (Å²) in [5.41, 5.74) is 4.11. The second-order valence-electron chi connectivity index (χ2n) is 9.49. The molecule has 4 nitrogen and oxygen atoms in total. The molecule has 0 N–H and O–H groups in total. The lowest BCUT2D eigenvalue weighted by molar-refractivity contribution is 0.206. The molecule has 0 atom stereocenters. The van der Waals surface area contributed by atoms with Crippen LogP contribution >= 0.6 is 0 Å². The fourth-order valence-electron chi connectivity index (χ4n) is 4.54. The summed E-state index contributed by atoms with van der Waals surface area (Å²) in [5, 5.41) is 0. The smallest absolute Gasteiger partial charge is 0.264 e. The summed E-state index contributed by atoms with van der Waals surface area (Å²) in [4.78, 5) is 2.64. The van der Waals surface area contributed by atoms with Gasteiger partial charge in [-0.1, -0.05) is 55.8 Å². The van der Waals surface area contributed by atoms with Crippen LogP contribution in [-0.4, -0.2) is 32.4 Å². The lowest BCUT2D eigenvalue weighted by Crippen LogP contribution is -2.47. The molecular weight excluding hydrogens is 447 g/mol. The van der Waals surface area contributed by atoms with Crippen LogP contribution in [0.3, 0.4) is 0 Å². The zero-order valence-electron chi connectivity index (χ0n) is 20.1. The fraction of sp³-hybridized carbons (Fsp3) is 0.357. The number of sulfonamides is 1. The number of nitrogens with zero attached hydrogens (tertiary/aromatic N) is 2. The third-order valence-electron chi connectivity index (χ3n) is 6.60. The van der Waals surface area contributed by atoms with E-state index < -0.39 is 10.0 Å². The SMILES string of the molecule is Cc1ccc(S(=O)(=O)N(c2ccc(F)cc2)C2CCN(Cc3ccc(C(C)C)cc3)CC2)cc1. The Morgan fingerprint density at radius 2 is 1.50 bits per heavy atom. The minimum absolute atomic E-state index is 0.184. The van der Waals surface area contributed by atoms with Crippen molar-refractivity contribution in [3.8, 4) is 0 Å². The van der Waals surface area contributed by atoms with E-state index in [9.17, 15) is 12.8 Å². The normalized spacial score (nSPS) is 15.6. The van der Waals surface area contributed by atoms with Gasteiger partial charge in [-0.05, 0) is 73.2 Å². The number of anilines is 1. The van der Waals surface area contributed by atoms with E-state index in [1.165, 1.54) is 27.6 Å². The van der Waals surface area contributed by atoms with Crippen molar-refractivity contribution in [3.05, 3.63) is 95.3 Å². The van der Waals surface area contributed by atoms with Gasteiger partial charge in [0.05, 0.1) is 10.6 Å². The Hall–Kier alpha value is -2.70. The lowest BCUT2D eigenvalue weighted by Gasteiger charge is -2.39. The molecule has 1 aliphatic rings. The van der Waals surface area contributed by atoms with Gasteiger partial charge in [-0.15, -0.1) is 0 Å². The third-order valence-corrected chi connectivity index (χ3v) is 8.49. The highest BCUT2D eigenvalue weighted by Gasteiger charge is 2.34. The maximum Gasteiger partial charge on any atom is 0.264 e. The highest BCUT2D eigenvalue weighted by molar-refractivity contribution is 7.92. The Bertz CT molecular complexity index is 1180. The predicted molar refractivity (Wildman–Crippen MR) is 136 cm³/mol. The summed E-state index contributed by atoms with van der Waals surface area (Å²) in [7, 11) is -3.78. The average molecular weight is 481 g/mol. The van der Waals surface area contributed by atoms with Crippen molar-refractivity contribution in [1.82, 2.24) is 4.90 Å². The van der Waals surface area contributed by atoms with Gasteiger partial charge in [0.2, 0.25) is 0 Å². The molecule has 0 radical (unpaired) electrons. The zero-order chi connectivity index (χ0) is 24.3. The fourth-order valence-corrected chi connectivity index (χ4v) is 6.25. The molecule has 180 valence electrons. The van der Waals surface area contributed by atoms with Gasteiger partial charge in [0.25, 0.3) is 10.0 Å². The van der Waals surface area contributed by atoms with Crippen molar-refractivity contribution in [2.45, 2.75) is 57.0 Å². The molecule has 0 amide bonds. The van der Waals surface area contributed by atoms with E-state index in [-0.39, 0.29) is 16.8 Å². The molecule has 6 heteroatoms. The second kappa shape index (κ2) is 10.3. The number of piperidine rings is 1. The molecule has 4 rings (SSSR count). The van der Waals surface area contributed by atoms with Gasteiger partial charge >= 0.3 is 0 Å². The average Bonchev–Trinajstić information content (AvgIpc) is 2.82. The number of halogens is 1. The van der Waals surface area contributed by atoms with Crippen molar-refractivity contribution >= 4 is 15.7 Å². The molecule has 0 bridgehead atoms. The van der Waals surface area contributed by atoms with Crippen LogP contribution in [0, 0.1) is 12.7 Å². The first-order valence-corrected chi connectivity index (χ1v) is 13.4. The van der Waals surface area contributed by atoms with E-state index in [4.69, 9.17) is 0 Å². The van der Waals surface area contributed by atoms with Gasteiger partial charge in [-0.25, -0.2) is 12.8 Å². The molecule has 0 aromatic heterocycles. The molecule has 1 fully saturated rings. The largest absolute Gasteiger partial charge is 0.299 e. The van der Waals surface area contributed by atoms with Gasteiger partial charge in [0.15, 0.2) is 0 Å². The molecule has 3 aromatic carbocycles. The molecule has 34 heavy (non-hydrogen) atoms.